The minimum Gasteiger partial charge on any atom is -0.322 e. The fourth-order valence-electron chi connectivity index (χ4n) is 4.16. The molecule has 1 amide bonds. The molecular formula is C27H16IN3O. The highest BCUT2D eigenvalue weighted by Gasteiger charge is 2.13. The van der Waals surface area contributed by atoms with Crippen molar-refractivity contribution < 1.29 is 4.79 Å². The SMILES string of the molecule is O=C(Nc1ccc(I)cc1)c1ccc2nc3c4ccccc4c4ccccc4c3nc2c1. The maximum Gasteiger partial charge on any atom is 0.255 e. The summed E-state index contributed by atoms with van der Waals surface area (Å²) >= 11 is 2.24. The van der Waals surface area contributed by atoms with Gasteiger partial charge < -0.3 is 5.32 Å². The quantitative estimate of drug-likeness (QED) is 0.151. The first-order chi connectivity index (χ1) is 15.7. The van der Waals surface area contributed by atoms with Crippen LogP contribution in [-0.4, -0.2) is 15.9 Å². The molecule has 0 atom stereocenters. The zero-order valence-electron chi connectivity index (χ0n) is 16.8. The molecule has 5 aromatic carbocycles. The maximum absolute atomic E-state index is 12.8. The number of nitrogens with one attached hydrogen (secondary N) is 1. The van der Waals surface area contributed by atoms with Crippen LogP contribution >= 0.6 is 22.6 Å². The molecule has 0 bridgehead atoms. The van der Waals surface area contributed by atoms with Gasteiger partial charge in [0.1, 0.15) is 0 Å². The first-order valence-electron chi connectivity index (χ1n) is 10.3. The van der Waals surface area contributed by atoms with Gasteiger partial charge in [-0.05, 0) is 75.8 Å². The van der Waals surface area contributed by atoms with Crippen molar-refractivity contribution in [1.29, 1.82) is 0 Å². The minimum atomic E-state index is -0.168. The summed E-state index contributed by atoms with van der Waals surface area (Å²) < 4.78 is 1.12. The number of halogens is 1. The molecule has 152 valence electrons. The maximum atomic E-state index is 12.8. The van der Waals surface area contributed by atoms with Gasteiger partial charge in [0.25, 0.3) is 5.91 Å². The molecule has 0 aliphatic carbocycles. The lowest BCUT2D eigenvalue weighted by atomic mass is 9.99. The molecule has 0 aliphatic rings. The number of carbonyl (C=O) groups is 1. The van der Waals surface area contributed by atoms with Gasteiger partial charge in [0.05, 0.1) is 22.1 Å². The third-order valence-corrected chi connectivity index (χ3v) is 6.40. The molecule has 0 fully saturated rings. The van der Waals surface area contributed by atoms with E-state index in [0.29, 0.717) is 11.1 Å². The number of anilines is 1. The van der Waals surface area contributed by atoms with Crippen LogP contribution in [0.4, 0.5) is 5.69 Å². The van der Waals surface area contributed by atoms with Crippen LogP contribution in [0.25, 0.3) is 43.6 Å². The Morgan fingerprint density at radius 1 is 0.656 bits per heavy atom. The topological polar surface area (TPSA) is 54.9 Å². The summed E-state index contributed by atoms with van der Waals surface area (Å²) in [5, 5.41) is 7.40. The first-order valence-corrected chi connectivity index (χ1v) is 11.3. The number of nitrogens with zero attached hydrogens (tertiary/aromatic N) is 2. The molecule has 0 aliphatic heterocycles. The van der Waals surface area contributed by atoms with Crippen molar-refractivity contribution in [2.75, 3.05) is 5.32 Å². The zero-order chi connectivity index (χ0) is 21.7. The van der Waals surface area contributed by atoms with E-state index in [1.54, 1.807) is 6.07 Å². The summed E-state index contributed by atoms with van der Waals surface area (Å²) in [5.41, 5.74) is 4.51. The van der Waals surface area contributed by atoms with Crippen molar-refractivity contribution in [3.63, 3.8) is 0 Å². The van der Waals surface area contributed by atoms with Crippen LogP contribution in [0.3, 0.4) is 0 Å². The second-order valence-corrected chi connectivity index (χ2v) is 8.92. The van der Waals surface area contributed by atoms with Gasteiger partial charge in [-0.25, -0.2) is 9.97 Å². The van der Waals surface area contributed by atoms with Crippen LogP contribution < -0.4 is 5.32 Å². The average molecular weight is 525 g/mol. The van der Waals surface area contributed by atoms with Crippen LogP contribution in [0.5, 0.6) is 0 Å². The van der Waals surface area contributed by atoms with Gasteiger partial charge in [0, 0.05) is 25.6 Å². The van der Waals surface area contributed by atoms with E-state index in [9.17, 15) is 4.79 Å². The molecule has 6 rings (SSSR count). The van der Waals surface area contributed by atoms with E-state index in [0.717, 1.165) is 47.4 Å². The van der Waals surface area contributed by atoms with Gasteiger partial charge in [-0.15, -0.1) is 0 Å². The van der Waals surface area contributed by atoms with E-state index in [4.69, 9.17) is 9.97 Å². The highest BCUT2D eigenvalue weighted by molar-refractivity contribution is 14.1. The summed E-state index contributed by atoms with van der Waals surface area (Å²) in [5.74, 6) is -0.168. The van der Waals surface area contributed by atoms with Crippen molar-refractivity contribution in [3.05, 3.63) is 100 Å². The monoisotopic (exact) mass is 525 g/mol. The predicted molar refractivity (Wildman–Crippen MR) is 139 cm³/mol. The Kier molecular flexibility index (Phi) is 4.50. The Balaban J connectivity index is 1.53. The van der Waals surface area contributed by atoms with Gasteiger partial charge in [-0.3, -0.25) is 4.79 Å². The third-order valence-electron chi connectivity index (χ3n) is 5.68. The average Bonchev–Trinajstić information content (AvgIpc) is 2.84. The highest BCUT2D eigenvalue weighted by Crippen LogP contribution is 2.34. The zero-order valence-corrected chi connectivity index (χ0v) is 19.0. The van der Waals surface area contributed by atoms with E-state index >= 15 is 0 Å². The van der Waals surface area contributed by atoms with Crippen LogP contribution in [0, 0.1) is 3.57 Å². The van der Waals surface area contributed by atoms with Crippen LogP contribution in [0.2, 0.25) is 0 Å². The standard InChI is InChI=1S/C27H16IN3O/c28-17-10-12-18(13-11-17)29-27(32)16-9-14-23-24(15-16)31-26-22-8-4-2-6-20(22)19-5-1-3-7-21(19)25(26)30-23/h1-15H,(H,29,32). The fourth-order valence-corrected chi connectivity index (χ4v) is 4.52. The van der Waals surface area contributed by atoms with Crippen LogP contribution in [0.1, 0.15) is 10.4 Å². The number of benzene rings is 5. The first kappa shape index (κ1) is 19.1. The number of hydrogen-bond acceptors (Lipinski definition) is 3. The van der Waals surface area contributed by atoms with E-state index in [-0.39, 0.29) is 5.91 Å². The van der Waals surface area contributed by atoms with Gasteiger partial charge in [-0.2, -0.15) is 0 Å². The lowest BCUT2D eigenvalue weighted by Crippen LogP contribution is -2.11. The third kappa shape index (κ3) is 3.17. The Bertz CT molecular complexity index is 1680. The van der Waals surface area contributed by atoms with Crippen molar-refractivity contribution >= 4 is 77.8 Å². The summed E-state index contributed by atoms with van der Waals surface area (Å²) in [7, 11) is 0. The highest BCUT2D eigenvalue weighted by atomic mass is 127. The number of rotatable bonds is 2. The number of amides is 1. The Labute approximate surface area is 197 Å². The molecule has 5 heteroatoms. The molecule has 1 N–H and O–H groups in total. The molecule has 0 unspecified atom stereocenters. The lowest BCUT2D eigenvalue weighted by Gasteiger charge is -2.11. The molecule has 1 aromatic heterocycles. The molecule has 0 saturated carbocycles. The summed E-state index contributed by atoms with van der Waals surface area (Å²) in [4.78, 5) is 22.8. The Morgan fingerprint density at radius 2 is 1.22 bits per heavy atom. The number of aromatic nitrogens is 2. The van der Waals surface area contributed by atoms with E-state index in [1.807, 2.05) is 60.7 Å². The van der Waals surface area contributed by atoms with Crippen molar-refractivity contribution in [1.82, 2.24) is 9.97 Å². The van der Waals surface area contributed by atoms with Gasteiger partial charge in [0.15, 0.2) is 0 Å². The lowest BCUT2D eigenvalue weighted by molar-refractivity contribution is 0.102. The Morgan fingerprint density at radius 3 is 1.84 bits per heavy atom. The van der Waals surface area contributed by atoms with Crippen molar-refractivity contribution in [2.24, 2.45) is 0 Å². The summed E-state index contributed by atoms with van der Waals surface area (Å²) in [6.45, 7) is 0. The molecular weight excluding hydrogens is 509 g/mol. The van der Waals surface area contributed by atoms with Gasteiger partial charge >= 0.3 is 0 Å². The van der Waals surface area contributed by atoms with Crippen LogP contribution in [-0.2, 0) is 0 Å². The molecule has 32 heavy (non-hydrogen) atoms. The van der Waals surface area contributed by atoms with E-state index in [2.05, 4.69) is 52.2 Å². The minimum absolute atomic E-state index is 0.168. The largest absolute Gasteiger partial charge is 0.322 e. The second-order valence-electron chi connectivity index (χ2n) is 7.68. The predicted octanol–water partition coefficient (Wildman–Crippen LogP) is 6.95. The molecule has 6 aromatic rings. The van der Waals surface area contributed by atoms with Crippen LogP contribution in [0.15, 0.2) is 91.0 Å². The normalized spacial score (nSPS) is 11.4. The molecule has 0 radical (unpaired) electrons. The van der Waals surface area contributed by atoms with Gasteiger partial charge in [0.2, 0.25) is 0 Å². The van der Waals surface area contributed by atoms with E-state index in [1.165, 1.54) is 0 Å². The molecule has 4 nitrogen and oxygen atoms in total. The van der Waals surface area contributed by atoms with E-state index < -0.39 is 0 Å². The fraction of sp³-hybridized carbons (Fsp3) is 0. The molecule has 1 heterocycles. The summed E-state index contributed by atoms with van der Waals surface area (Å²) in [6.07, 6.45) is 0. The van der Waals surface area contributed by atoms with Crippen molar-refractivity contribution in [3.8, 4) is 0 Å². The number of hydrogen-bond donors (Lipinski definition) is 1. The van der Waals surface area contributed by atoms with Gasteiger partial charge in [-0.1, -0.05) is 48.5 Å². The number of carbonyl (C=O) groups excluding carboxylic acids is 1. The second kappa shape index (κ2) is 7.53. The van der Waals surface area contributed by atoms with Crippen molar-refractivity contribution in [2.45, 2.75) is 0 Å². The Hall–Kier alpha value is -3.58. The smallest absolute Gasteiger partial charge is 0.255 e. The number of fused-ring (bicyclic) bond motifs is 7. The summed E-state index contributed by atoms with van der Waals surface area (Å²) in [6, 6.07) is 29.8. The molecule has 0 saturated heterocycles. The molecule has 0 spiro atoms.